The molecule has 1 heterocycles. The van der Waals surface area contributed by atoms with Gasteiger partial charge >= 0.3 is 0 Å². The maximum Gasteiger partial charge on any atom is 0.198 e. The van der Waals surface area contributed by atoms with Crippen molar-refractivity contribution < 1.29 is 9.59 Å². The molecule has 6 aromatic rings. The number of ketones is 2. The second-order valence-electron chi connectivity index (χ2n) is 10.5. The number of allylic oxidation sites excluding steroid dienone is 1. The summed E-state index contributed by atoms with van der Waals surface area (Å²) in [4.78, 5) is 32.0. The van der Waals surface area contributed by atoms with Crippen LogP contribution < -0.4 is 9.80 Å². The number of Topliss-reactive ketones (excluding diaryl/α,β-unsaturated/α-hetero) is 2. The van der Waals surface area contributed by atoms with Crippen molar-refractivity contribution in [2.75, 3.05) is 16.8 Å². The summed E-state index contributed by atoms with van der Waals surface area (Å²) in [6.45, 7) is 0. The number of carbonyl (C=O) groups excluding carboxylic acids is 2. The number of hydrogen-bond donors (Lipinski definition) is 0. The smallest absolute Gasteiger partial charge is 0.198 e. The first-order valence-electron chi connectivity index (χ1n) is 13.7. The molecule has 0 saturated heterocycles. The van der Waals surface area contributed by atoms with E-state index in [1.54, 1.807) is 6.08 Å². The molecule has 0 spiro atoms. The van der Waals surface area contributed by atoms with Gasteiger partial charge in [0.05, 0.1) is 28.3 Å². The van der Waals surface area contributed by atoms with Crippen LogP contribution in [0, 0.1) is 0 Å². The van der Waals surface area contributed by atoms with Crippen molar-refractivity contribution in [2.24, 2.45) is 0 Å². The standard InChI is InChI=1S/C37H24N2O2/c1-38-30-14-6-8-16-32(30)39(33-17-9-7-15-31(33)38)24-20-18-23(19-21-24)22-29-36(40)34-27-12-4-2-10-25(27)26-11-3-5-13-28(26)35(34)37(29)41/h2-22H,1H3. The topological polar surface area (TPSA) is 40.6 Å². The second-order valence-corrected chi connectivity index (χ2v) is 10.5. The zero-order valence-corrected chi connectivity index (χ0v) is 22.3. The van der Waals surface area contributed by atoms with Gasteiger partial charge in [-0.1, -0.05) is 84.9 Å². The van der Waals surface area contributed by atoms with Gasteiger partial charge in [0.2, 0.25) is 0 Å². The fourth-order valence-corrected chi connectivity index (χ4v) is 6.41. The van der Waals surface area contributed by atoms with E-state index in [-0.39, 0.29) is 17.1 Å². The van der Waals surface area contributed by atoms with E-state index >= 15 is 0 Å². The fraction of sp³-hybridized carbons (Fsp3) is 0.0270. The summed E-state index contributed by atoms with van der Waals surface area (Å²) in [5.74, 6) is -0.420. The Labute approximate surface area is 237 Å². The molecule has 6 aromatic carbocycles. The number of carbonyl (C=O) groups is 2. The number of para-hydroxylation sites is 4. The molecular formula is C37H24N2O2. The largest absolute Gasteiger partial charge is 0.341 e. The molecule has 41 heavy (non-hydrogen) atoms. The highest BCUT2D eigenvalue weighted by Gasteiger charge is 2.36. The Bertz CT molecular complexity index is 1980. The monoisotopic (exact) mass is 528 g/mol. The van der Waals surface area contributed by atoms with Crippen LogP contribution in [0.5, 0.6) is 0 Å². The molecule has 8 rings (SSSR count). The Hall–Kier alpha value is -5.48. The van der Waals surface area contributed by atoms with Gasteiger partial charge in [0.1, 0.15) is 0 Å². The minimum absolute atomic E-state index is 0.210. The lowest BCUT2D eigenvalue weighted by Crippen LogP contribution is -2.23. The summed E-state index contributed by atoms with van der Waals surface area (Å²) in [5, 5.41) is 3.62. The average Bonchev–Trinajstić information content (AvgIpc) is 3.27. The van der Waals surface area contributed by atoms with Gasteiger partial charge in [-0.25, -0.2) is 0 Å². The Morgan fingerprint density at radius 2 is 0.902 bits per heavy atom. The summed E-state index contributed by atoms with van der Waals surface area (Å²) < 4.78 is 0. The van der Waals surface area contributed by atoms with Gasteiger partial charge in [-0.2, -0.15) is 0 Å². The lowest BCUT2D eigenvalue weighted by atomic mass is 9.93. The molecule has 0 bridgehead atoms. The van der Waals surface area contributed by atoms with Gasteiger partial charge in [0.25, 0.3) is 0 Å². The van der Waals surface area contributed by atoms with E-state index in [1.807, 2.05) is 72.8 Å². The van der Waals surface area contributed by atoms with Gasteiger partial charge in [-0.05, 0) is 69.6 Å². The van der Waals surface area contributed by atoms with Crippen LogP contribution in [-0.4, -0.2) is 18.6 Å². The Kier molecular flexibility index (Phi) is 5.01. The molecule has 0 saturated carbocycles. The molecule has 4 nitrogen and oxygen atoms in total. The van der Waals surface area contributed by atoms with Gasteiger partial charge in [-0.15, -0.1) is 0 Å². The van der Waals surface area contributed by atoms with Crippen molar-refractivity contribution in [2.45, 2.75) is 0 Å². The molecule has 194 valence electrons. The quantitative estimate of drug-likeness (QED) is 0.128. The predicted octanol–water partition coefficient (Wildman–Crippen LogP) is 9.01. The highest BCUT2D eigenvalue weighted by Crippen LogP contribution is 2.50. The third-order valence-electron chi connectivity index (χ3n) is 8.31. The fourth-order valence-electron chi connectivity index (χ4n) is 6.41. The Morgan fingerprint density at radius 3 is 1.39 bits per heavy atom. The molecule has 0 atom stereocenters. The minimum atomic E-state index is -0.210. The van der Waals surface area contributed by atoms with Crippen LogP contribution in [0.15, 0.2) is 127 Å². The van der Waals surface area contributed by atoms with Crippen LogP contribution in [0.25, 0.3) is 27.6 Å². The molecule has 0 N–H and O–H groups in total. The summed E-state index contributed by atoms with van der Waals surface area (Å²) in [5.41, 5.74) is 7.48. The molecule has 0 fully saturated rings. The summed E-state index contributed by atoms with van der Waals surface area (Å²) in [7, 11) is 2.09. The van der Waals surface area contributed by atoms with Crippen LogP contribution in [0.4, 0.5) is 28.4 Å². The van der Waals surface area contributed by atoms with Crippen molar-refractivity contribution in [1.29, 1.82) is 0 Å². The third-order valence-corrected chi connectivity index (χ3v) is 8.31. The molecule has 0 unspecified atom stereocenters. The molecule has 1 aliphatic carbocycles. The first-order valence-corrected chi connectivity index (χ1v) is 13.7. The summed E-state index contributed by atoms with van der Waals surface area (Å²) >= 11 is 0. The number of anilines is 5. The molecule has 1 aliphatic heterocycles. The van der Waals surface area contributed by atoms with Crippen LogP contribution in [-0.2, 0) is 0 Å². The summed E-state index contributed by atoms with van der Waals surface area (Å²) in [6, 6.07) is 40.5. The lowest BCUT2D eigenvalue weighted by Gasteiger charge is -2.38. The van der Waals surface area contributed by atoms with E-state index in [1.165, 1.54) is 0 Å². The van der Waals surface area contributed by atoms with E-state index in [0.29, 0.717) is 11.1 Å². The van der Waals surface area contributed by atoms with E-state index in [4.69, 9.17) is 0 Å². The maximum atomic E-state index is 13.8. The van der Waals surface area contributed by atoms with Gasteiger partial charge in [-0.3, -0.25) is 9.59 Å². The Balaban J connectivity index is 1.22. The maximum absolute atomic E-state index is 13.8. The van der Waals surface area contributed by atoms with Gasteiger partial charge in [0.15, 0.2) is 11.6 Å². The van der Waals surface area contributed by atoms with Crippen molar-refractivity contribution in [1.82, 2.24) is 0 Å². The SMILES string of the molecule is CN1c2ccccc2N(c2ccc(C=C3C(=O)c4c(c5ccccc5c5ccccc45)C3=O)cc2)c2ccccc21. The highest BCUT2D eigenvalue weighted by molar-refractivity contribution is 6.47. The van der Waals surface area contributed by atoms with E-state index < -0.39 is 0 Å². The molecule has 0 aromatic heterocycles. The minimum Gasteiger partial charge on any atom is -0.341 e. The zero-order valence-electron chi connectivity index (χ0n) is 22.3. The molecule has 0 amide bonds. The van der Waals surface area contributed by atoms with Crippen molar-refractivity contribution >= 4 is 67.6 Å². The lowest BCUT2D eigenvalue weighted by molar-refractivity contribution is 0.0991. The second kappa shape index (κ2) is 8.77. The van der Waals surface area contributed by atoms with Crippen molar-refractivity contribution in [3.8, 4) is 0 Å². The predicted molar refractivity (Wildman–Crippen MR) is 167 cm³/mol. The Morgan fingerprint density at radius 1 is 0.488 bits per heavy atom. The average molecular weight is 529 g/mol. The molecule has 4 heteroatoms. The zero-order chi connectivity index (χ0) is 27.7. The van der Waals surface area contributed by atoms with Crippen LogP contribution >= 0.6 is 0 Å². The third kappa shape index (κ3) is 3.34. The first-order chi connectivity index (χ1) is 20.1. The molecule has 0 radical (unpaired) electrons. The number of rotatable bonds is 2. The van der Waals surface area contributed by atoms with Gasteiger partial charge < -0.3 is 9.80 Å². The van der Waals surface area contributed by atoms with Gasteiger partial charge in [0, 0.05) is 23.9 Å². The van der Waals surface area contributed by atoms with E-state index in [0.717, 1.165) is 55.5 Å². The van der Waals surface area contributed by atoms with Crippen LogP contribution in [0.3, 0.4) is 0 Å². The van der Waals surface area contributed by atoms with Crippen molar-refractivity contribution in [3.05, 3.63) is 144 Å². The summed E-state index contributed by atoms with van der Waals surface area (Å²) in [6.07, 6.45) is 1.74. The van der Waals surface area contributed by atoms with Crippen LogP contribution in [0.1, 0.15) is 26.3 Å². The van der Waals surface area contributed by atoms with Crippen LogP contribution in [0.2, 0.25) is 0 Å². The van der Waals surface area contributed by atoms with E-state index in [9.17, 15) is 9.59 Å². The first kappa shape index (κ1) is 23.4. The highest BCUT2D eigenvalue weighted by atomic mass is 16.2. The van der Waals surface area contributed by atoms with E-state index in [2.05, 4.69) is 65.4 Å². The molecular weight excluding hydrogens is 504 g/mol. The molecule has 2 aliphatic rings. The number of nitrogens with zero attached hydrogens (tertiary/aromatic N) is 2. The normalized spacial score (nSPS) is 13.9. The number of benzene rings is 6. The van der Waals surface area contributed by atoms with Crippen molar-refractivity contribution in [3.63, 3.8) is 0 Å². The number of fused-ring (bicyclic) bond motifs is 8. The number of hydrogen-bond acceptors (Lipinski definition) is 4.